The highest BCUT2D eigenvalue weighted by molar-refractivity contribution is 5.86. The Morgan fingerprint density at radius 3 is 1.14 bits per heavy atom. The minimum absolute atomic E-state index is 0.253. The molecule has 0 bridgehead atoms. The van der Waals surface area contributed by atoms with Crippen LogP contribution >= 0.6 is 0 Å². The molecule has 4 heterocycles. The van der Waals surface area contributed by atoms with Gasteiger partial charge in [-0.2, -0.15) is 0 Å². The number of hydrogen-bond acceptors (Lipinski definition) is 7. The van der Waals surface area contributed by atoms with Crippen LogP contribution in [-0.4, -0.2) is 37.1 Å². The first-order chi connectivity index (χ1) is 36.6. The maximum absolute atomic E-state index is 6.87. The van der Waals surface area contributed by atoms with Crippen molar-refractivity contribution in [2.75, 3.05) is 0 Å². The molecule has 8 aromatic carbocycles. The standard InChI is InChI=1S/C67H45N5O2/c1-3-14-44(15-4-1)52-18-13-19-53(40-52)67-71-65(50-16-5-2-6-17-50)70-66(72-67)51-34-32-49(33-35-51)58-37-36-57(63-64(58)74-62-23-8-7-22-61(62)73-63)48-30-28-46(29-31-48)45-24-26-47(27-25-45)54-41-55(59-20-9-11-38-68-59)43-56(42-54)60-21-10-12-39-69-60/h1-43,61-62H. The lowest BCUT2D eigenvalue weighted by molar-refractivity contribution is 0.0769. The predicted molar refractivity (Wildman–Crippen MR) is 297 cm³/mol. The number of fused-ring (bicyclic) bond motifs is 2. The summed E-state index contributed by atoms with van der Waals surface area (Å²) < 4.78 is 13.7. The highest BCUT2D eigenvalue weighted by atomic mass is 16.6. The van der Waals surface area contributed by atoms with E-state index in [-0.39, 0.29) is 12.2 Å². The van der Waals surface area contributed by atoms with Crippen LogP contribution in [0.25, 0.3) is 112 Å². The number of ether oxygens (including phenoxy) is 2. The maximum atomic E-state index is 6.87. The molecule has 0 N–H and O–H groups in total. The molecule has 1 aliphatic carbocycles. The van der Waals surface area contributed by atoms with Gasteiger partial charge in [0.15, 0.2) is 41.2 Å². The second kappa shape index (κ2) is 19.4. The molecule has 0 spiro atoms. The summed E-state index contributed by atoms with van der Waals surface area (Å²) in [4.78, 5) is 24.4. The zero-order chi connectivity index (χ0) is 49.2. The summed E-state index contributed by atoms with van der Waals surface area (Å²) in [6, 6.07) is 77.4. The Bertz CT molecular complexity index is 3810. The van der Waals surface area contributed by atoms with Gasteiger partial charge in [-0.25, -0.2) is 15.0 Å². The van der Waals surface area contributed by atoms with Gasteiger partial charge in [0.2, 0.25) is 0 Å². The number of aromatic nitrogens is 5. The molecule has 13 rings (SSSR count). The molecule has 74 heavy (non-hydrogen) atoms. The third kappa shape index (κ3) is 8.84. The summed E-state index contributed by atoms with van der Waals surface area (Å²) in [5.74, 6) is 3.23. The summed E-state index contributed by atoms with van der Waals surface area (Å²) in [7, 11) is 0. The van der Waals surface area contributed by atoms with Gasteiger partial charge in [0.25, 0.3) is 0 Å². The molecule has 3 aromatic heterocycles. The van der Waals surface area contributed by atoms with Crippen molar-refractivity contribution < 1.29 is 9.47 Å². The molecule has 7 nitrogen and oxygen atoms in total. The summed E-state index contributed by atoms with van der Waals surface area (Å²) in [5.41, 5.74) is 17.2. The van der Waals surface area contributed by atoms with Crippen LogP contribution in [0.4, 0.5) is 0 Å². The van der Waals surface area contributed by atoms with Crippen LogP contribution < -0.4 is 9.47 Å². The van der Waals surface area contributed by atoms with Gasteiger partial charge in [-0.3, -0.25) is 9.97 Å². The van der Waals surface area contributed by atoms with Crippen molar-refractivity contribution in [3.8, 4) is 124 Å². The molecule has 0 radical (unpaired) electrons. The van der Waals surface area contributed by atoms with E-state index in [1.54, 1.807) is 0 Å². The van der Waals surface area contributed by atoms with Crippen molar-refractivity contribution in [3.63, 3.8) is 0 Å². The fourth-order valence-electron chi connectivity index (χ4n) is 9.77. The molecule has 2 unspecified atom stereocenters. The third-order valence-corrected chi connectivity index (χ3v) is 13.6. The second-order valence-electron chi connectivity index (χ2n) is 18.3. The van der Waals surface area contributed by atoms with Crippen molar-refractivity contribution in [1.29, 1.82) is 0 Å². The van der Waals surface area contributed by atoms with E-state index in [4.69, 9.17) is 24.4 Å². The molecule has 7 heteroatoms. The lowest BCUT2D eigenvalue weighted by Gasteiger charge is -2.34. The topological polar surface area (TPSA) is 82.9 Å². The Morgan fingerprint density at radius 2 is 0.635 bits per heavy atom. The first kappa shape index (κ1) is 44.1. The van der Waals surface area contributed by atoms with E-state index in [0.717, 1.165) is 101 Å². The van der Waals surface area contributed by atoms with Crippen LogP contribution in [-0.2, 0) is 0 Å². The van der Waals surface area contributed by atoms with Gasteiger partial charge >= 0.3 is 0 Å². The van der Waals surface area contributed by atoms with Crippen LogP contribution in [0.1, 0.15) is 0 Å². The van der Waals surface area contributed by atoms with Crippen LogP contribution in [0.2, 0.25) is 0 Å². The van der Waals surface area contributed by atoms with Crippen molar-refractivity contribution in [2.45, 2.75) is 12.2 Å². The molecule has 1 aliphatic heterocycles. The summed E-state index contributed by atoms with van der Waals surface area (Å²) in [6.45, 7) is 0. The number of rotatable bonds is 10. The number of benzene rings is 8. The molecule has 2 aliphatic rings. The van der Waals surface area contributed by atoms with E-state index in [9.17, 15) is 0 Å². The zero-order valence-corrected chi connectivity index (χ0v) is 40.0. The normalized spacial score (nSPS) is 14.3. The average molecular weight is 952 g/mol. The molecule has 0 saturated carbocycles. The molecule has 2 atom stereocenters. The van der Waals surface area contributed by atoms with E-state index in [0.29, 0.717) is 23.2 Å². The maximum Gasteiger partial charge on any atom is 0.170 e. The quantitative estimate of drug-likeness (QED) is 0.135. The Hall–Kier alpha value is -9.85. The van der Waals surface area contributed by atoms with E-state index in [1.807, 2.05) is 97.3 Å². The van der Waals surface area contributed by atoms with Crippen LogP contribution in [0.3, 0.4) is 0 Å². The fourth-order valence-corrected chi connectivity index (χ4v) is 9.77. The third-order valence-electron chi connectivity index (χ3n) is 13.6. The molecule has 0 fully saturated rings. The Labute approximate surface area is 429 Å². The highest BCUT2D eigenvalue weighted by Gasteiger charge is 2.33. The Balaban J connectivity index is 0.808. The minimum atomic E-state index is -0.259. The fraction of sp³-hybridized carbons (Fsp3) is 0.0299. The van der Waals surface area contributed by atoms with Gasteiger partial charge in [0, 0.05) is 51.3 Å². The largest absolute Gasteiger partial charge is 0.478 e. The molecule has 350 valence electrons. The lowest BCUT2D eigenvalue weighted by atomic mass is 9.93. The smallest absolute Gasteiger partial charge is 0.170 e. The lowest BCUT2D eigenvalue weighted by Crippen LogP contribution is -2.38. The minimum Gasteiger partial charge on any atom is -0.478 e. The van der Waals surface area contributed by atoms with Gasteiger partial charge in [-0.05, 0) is 117 Å². The summed E-state index contributed by atoms with van der Waals surface area (Å²) in [6.07, 6.45) is 11.3. The second-order valence-corrected chi connectivity index (χ2v) is 18.3. The van der Waals surface area contributed by atoms with Gasteiger partial charge in [-0.15, -0.1) is 0 Å². The van der Waals surface area contributed by atoms with Crippen molar-refractivity contribution >= 4 is 0 Å². The zero-order valence-electron chi connectivity index (χ0n) is 40.0. The summed E-state index contributed by atoms with van der Waals surface area (Å²) in [5, 5.41) is 0. The molecule has 0 saturated heterocycles. The summed E-state index contributed by atoms with van der Waals surface area (Å²) >= 11 is 0. The number of pyridine rings is 2. The molecular weight excluding hydrogens is 907 g/mol. The van der Waals surface area contributed by atoms with Crippen molar-refractivity contribution in [1.82, 2.24) is 24.9 Å². The van der Waals surface area contributed by atoms with Gasteiger partial charge in [-0.1, -0.05) is 176 Å². The van der Waals surface area contributed by atoms with Crippen molar-refractivity contribution in [3.05, 3.63) is 261 Å². The first-order valence-electron chi connectivity index (χ1n) is 24.8. The Kier molecular flexibility index (Phi) is 11.6. The van der Waals surface area contributed by atoms with Crippen LogP contribution in [0.15, 0.2) is 261 Å². The van der Waals surface area contributed by atoms with Gasteiger partial charge < -0.3 is 9.47 Å². The van der Waals surface area contributed by atoms with Gasteiger partial charge in [0.1, 0.15) is 0 Å². The molecule has 11 aromatic rings. The number of nitrogens with zero attached hydrogens (tertiary/aromatic N) is 5. The van der Waals surface area contributed by atoms with Gasteiger partial charge in [0.05, 0.1) is 11.4 Å². The monoisotopic (exact) mass is 951 g/mol. The van der Waals surface area contributed by atoms with Crippen LogP contribution in [0.5, 0.6) is 11.5 Å². The highest BCUT2D eigenvalue weighted by Crippen LogP contribution is 2.49. The van der Waals surface area contributed by atoms with E-state index < -0.39 is 0 Å². The molecule has 0 amide bonds. The average Bonchev–Trinajstić information content (AvgIpc) is 3.49. The van der Waals surface area contributed by atoms with E-state index >= 15 is 0 Å². The van der Waals surface area contributed by atoms with E-state index in [2.05, 4.69) is 174 Å². The Morgan fingerprint density at radius 1 is 0.270 bits per heavy atom. The van der Waals surface area contributed by atoms with Crippen molar-refractivity contribution in [2.24, 2.45) is 0 Å². The first-order valence-corrected chi connectivity index (χ1v) is 24.8. The number of hydrogen-bond donors (Lipinski definition) is 0. The molecular formula is C67H45N5O2. The van der Waals surface area contributed by atoms with Crippen LogP contribution in [0, 0.1) is 0 Å². The van der Waals surface area contributed by atoms with E-state index in [1.165, 1.54) is 0 Å². The SMILES string of the molecule is C1=CC2Oc3c(-c4ccc(-c5ccc(-c6cc(-c7ccccn7)cc(-c7ccccn7)c6)cc5)cc4)ccc(-c4ccc(-c5nc(-c6ccccc6)nc(-c6cccc(-c7ccccc7)c6)n5)cc4)c3OC2C=C1. The predicted octanol–water partition coefficient (Wildman–Crippen LogP) is 16.0. The number of allylic oxidation sites excluding steroid dienone is 2.